The molecule has 0 aromatic heterocycles. The summed E-state index contributed by atoms with van der Waals surface area (Å²) in [5.41, 5.74) is -0.0945. The second-order valence-electron chi connectivity index (χ2n) is 4.05. The molecule has 0 N–H and O–H groups in total. The van der Waals surface area contributed by atoms with Crippen LogP contribution in [0.2, 0.25) is 0 Å². The summed E-state index contributed by atoms with van der Waals surface area (Å²) in [6.07, 6.45) is 1.87. The molecule has 1 heterocycles. The monoisotopic (exact) mass is 296 g/mol. The first kappa shape index (κ1) is 14.4. The van der Waals surface area contributed by atoms with Gasteiger partial charge < -0.3 is 18.9 Å². The zero-order valence-corrected chi connectivity index (χ0v) is 11.6. The number of halogens is 1. The maximum atomic E-state index is 5.99. The summed E-state index contributed by atoms with van der Waals surface area (Å²) in [5.74, 6) is 0. The highest BCUT2D eigenvalue weighted by Gasteiger charge is 2.33. The first-order valence-corrected chi connectivity index (χ1v) is 6.68. The Balaban J connectivity index is 2.36. The number of alkyl halides is 1. The second-order valence-corrected chi connectivity index (χ2v) is 4.61. The predicted octanol–water partition coefficient (Wildman–Crippen LogP) is 1.61. The van der Waals surface area contributed by atoms with Crippen LogP contribution >= 0.6 is 15.9 Å². The fourth-order valence-electron chi connectivity index (χ4n) is 1.70. The molecule has 0 aromatic carbocycles. The van der Waals surface area contributed by atoms with Crippen LogP contribution in [0.25, 0.3) is 0 Å². The third-order valence-electron chi connectivity index (χ3n) is 2.91. The summed E-state index contributed by atoms with van der Waals surface area (Å²) >= 11 is 3.53. The van der Waals surface area contributed by atoms with Gasteiger partial charge in [-0.3, -0.25) is 0 Å². The molecule has 16 heavy (non-hydrogen) atoms. The molecule has 0 spiro atoms. The van der Waals surface area contributed by atoms with Crippen molar-refractivity contribution in [2.75, 3.05) is 46.0 Å². The molecule has 1 saturated heterocycles. The van der Waals surface area contributed by atoms with Gasteiger partial charge in [-0.25, -0.2) is 0 Å². The van der Waals surface area contributed by atoms with E-state index < -0.39 is 0 Å². The SMILES string of the molecule is COCC(COC1(CBr)CCOCC1)OC. The van der Waals surface area contributed by atoms with Crippen molar-refractivity contribution >= 4 is 15.9 Å². The molecule has 0 aromatic rings. The van der Waals surface area contributed by atoms with Crippen molar-refractivity contribution in [2.45, 2.75) is 24.5 Å². The molecule has 0 radical (unpaired) electrons. The highest BCUT2D eigenvalue weighted by atomic mass is 79.9. The first-order valence-electron chi connectivity index (χ1n) is 5.56. The Kier molecular flexibility index (Phi) is 6.84. The minimum atomic E-state index is -0.0945. The van der Waals surface area contributed by atoms with E-state index in [1.165, 1.54) is 0 Å². The van der Waals surface area contributed by atoms with Crippen LogP contribution in [0.4, 0.5) is 0 Å². The Labute approximate surface area is 106 Å². The largest absolute Gasteiger partial charge is 0.382 e. The molecular formula is C11H21BrO4. The average molecular weight is 297 g/mol. The van der Waals surface area contributed by atoms with E-state index >= 15 is 0 Å². The topological polar surface area (TPSA) is 36.9 Å². The molecule has 1 atom stereocenters. The Morgan fingerprint density at radius 3 is 2.44 bits per heavy atom. The summed E-state index contributed by atoms with van der Waals surface area (Å²) in [4.78, 5) is 0. The van der Waals surface area contributed by atoms with E-state index in [0.717, 1.165) is 31.4 Å². The number of hydrogen-bond donors (Lipinski definition) is 0. The third-order valence-corrected chi connectivity index (χ3v) is 3.93. The lowest BCUT2D eigenvalue weighted by atomic mass is 9.96. The average Bonchev–Trinajstić information content (AvgIpc) is 2.35. The molecule has 1 unspecified atom stereocenters. The van der Waals surface area contributed by atoms with Gasteiger partial charge in [-0.15, -0.1) is 0 Å². The maximum absolute atomic E-state index is 5.99. The third kappa shape index (κ3) is 4.30. The quantitative estimate of drug-likeness (QED) is 0.669. The summed E-state index contributed by atoms with van der Waals surface area (Å²) in [6, 6.07) is 0. The van der Waals surface area contributed by atoms with Crippen LogP contribution in [-0.2, 0) is 18.9 Å². The number of hydrogen-bond acceptors (Lipinski definition) is 4. The van der Waals surface area contributed by atoms with Crippen molar-refractivity contribution in [3.05, 3.63) is 0 Å². The Bertz CT molecular complexity index is 183. The lowest BCUT2D eigenvalue weighted by molar-refractivity contribution is -0.128. The minimum Gasteiger partial charge on any atom is -0.382 e. The van der Waals surface area contributed by atoms with Crippen LogP contribution in [0.15, 0.2) is 0 Å². The van der Waals surface area contributed by atoms with Gasteiger partial charge >= 0.3 is 0 Å². The van der Waals surface area contributed by atoms with E-state index in [9.17, 15) is 0 Å². The Morgan fingerprint density at radius 2 is 1.94 bits per heavy atom. The van der Waals surface area contributed by atoms with Crippen LogP contribution in [-0.4, -0.2) is 57.7 Å². The van der Waals surface area contributed by atoms with Crippen LogP contribution in [0.3, 0.4) is 0 Å². The fraction of sp³-hybridized carbons (Fsp3) is 1.00. The van der Waals surface area contributed by atoms with Crippen LogP contribution in [0, 0.1) is 0 Å². The predicted molar refractivity (Wildman–Crippen MR) is 65.2 cm³/mol. The van der Waals surface area contributed by atoms with Gasteiger partial charge in [0.2, 0.25) is 0 Å². The highest BCUT2D eigenvalue weighted by molar-refractivity contribution is 9.09. The smallest absolute Gasteiger partial charge is 0.104 e. The summed E-state index contributed by atoms with van der Waals surface area (Å²) in [6.45, 7) is 2.67. The Hall–Kier alpha value is 0.320. The van der Waals surface area contributed by atoms with Crippen molar-refractivity contribution in [3.8, 4) is 0 Å². The lowest BCUT2D eigenvalue weighted by Gasteiger charge is -2.36. The van der Waals surface area contributed by atoms with Gasteiger partial charge in [-0.05, 0) is 0 Å². The highest BCUT2D eigenvalue weighted by Crippen LogP contribution is 2.27. The molecule has 4 nitrogen and oxygen atoms in total. The standard InChI is InChI=1S/C11H21BrO4/c1-13-7-10(14-2)8-16-11(9-12)3-5-15-6-4-11/h10H,3-9H2,1-2H3. The van der Waals surface area contributed by atoms with E-state index in [4.69, 9.17) is 18.9 Å². The van der Waals surface area contributed by atoms with Gasteiger partial charge in [0.15, 0.2) is 0 Å². The van der Waals surface area contributed by atoms with Gasteiger partial charge in [-0.1, -0.05) is 15.9 Å². The zero-order chi connectivity index (χ0) is 11.9. The molecule has 0 saturated carbocycles. The molecule has 0 amide bonds. The number of methoxy groups -OCH3 is 2. The van der Waals surface area contributed by atoms with Crippen molar-refractivity contribution in [2.24, 2.45) is 0 Å². The Morgan fingerprint density at radius 1 is 1.25 bits per heavy atom. The molecular weight excluding hydrogens is 276 g/mol. The minimum absolute atomic E-state index is 0.00349. The first-order chi connectivity index (χ1) is 7.76. The molecule has 0 aliphatic carbocycles. The summed E-state index contributed by atoms with van der Waals surface area (Å²) in [5, 5.41) is 0.840. The van der Waals surface area contributed by atoms with E-state index in [1.54, 1.807) is 14.2 Å². The van der Waals surface area contributed by atoms with Crippen molar-refractivity contribution < 1.29 is 18.9 Å². The van der Waals surface area contributed by atoms with Crippen LogP contribution in [0.1, 0.15) is 12.8 Å². The molecule has 1 fully saturated rings. The normalized spacial score (nSPS) is 21.9. The van der Waals surface area contributed by atoms with Crippen LogP contribution < -0.4 is 0 Å². The van der Waals surface area contributed by atoms with E-state index in [1.807, 2.05) is 0 Å². The summed E-state index contributed by atoms with van der Waals surface area (Å²) < 4.78 is 21.7. The van der Waals surface area contributed by atoms with E-state index in [0.29, 0.717) is 13.2 Å². The molecule has 96 valence electrons. The molecule has 1 aliphatic rings. The van der Waals surface area contributed by atoms with E-state index in [-0.39, 0.29) is 11.7 Å². The van der Waals surface area contributed by atoms with Crippen molar-refractivity contribution in [1.82, 2.24) is 0 Å². The van der Waals surface area contributed by atoms with Crippen molar-refractivity contribution in [3.63, 3.8) is 0 Å². The van der Waals surface area contributed by atoms with Crippen LogP contribution in [0.5, 0.6) is 0 Å². The fourth-order valence-corrected chi connectivity index (χ4v) is 2.42. The number of rotatable bonds is 7. The van der Waals surface area contributed by atoms with Gasteiger partial charge in [0, 0.05) is 45.6 Å². The molecule has 0 bridgehead atoms. The lowest BCUT2D eigenvalue weighted by Crippen LogP contribution is -2.43. The molecule has 5 heteroatoms. The van der Waals surface area contributed by atoms with Gasteiger partial charge in [0.1, 0.15) is 6.10 Å². The van der Waals surface area contributed by atoms with E-state index in [2.05, 4.69) is 15.9 Å². The second kappa shape index (κ2) is 7.61. The molecule has 1 aliphatic heterocycles. The molecule has 1 rings (SSSR count). The van der Waals surface area contributed by atoms with Gasteiger partial charge in [0.25, 0.3) is 0 Å². The van der Waals surface area contributed by atoms with Crippen molar-refractivity contribution in [1.29, 1.82) is 0 Å². The van der Waals surface area contributed by atoms with Gasteiger partial charge in [-0.2, -0.15) is 0 Å². The maximum Gasteiger partial charge on any atom is 0.104 e. The zero-order valence-electron chi connectivity index (χ0n) is 10.0. The van der Waals surface area contributed by atoms with Gasteiger partial charge in [0.05, 0.1) is 18.8 Å². The summed E-state index contributed by atoms with van der Waals surface area (Å²) in [7, 11) is 3.35. The number of ether oxygens (including phenoxy) is 4.